The van der Waals surface area contributed by atoms with Crippen molar-refractivity contribution < 1.29 is 27.2 Å². The van der Waals surface area contributed by atoms with Crippen LogP contribution in [0.4, 0.5) is 24.5 Å². The number of nitrogens with one attached hydrogen (secondary N) is 2. The highest BCUT2D eigenvalue weighted by atomic mass is 35.5. The molecular formula is C22H18ClF3N2O3S. The quantitative estimate of drug-likeness (QED) is 0.367. The fourth-order valence-electron chi connectivity index (χ4n) is 2.74. The highest BCUT2D eigenvalue weighted by Crippen LogP contribution is 2.35. The Morgan fingerprint density at radius 1 is 1.09 bits per heavy atom. The van der Waals surface area contributed by atoms with Crippen molar-refractivity contribution in [2.75, 3.05) is 10.6 Å². The molecule has 3 aromatic rings. The molecule has 1 aromatic heterocycles. The van der Waals surface area contributed by atoms with Crippen LogP contribution in [0, 0.1) is 0 Å². The van der Waals surface area contributed by atoms with Gasteiger partial charge in [-0.25, -0.2) is 0 Å². The number of hydrogen-bond acceptors (Lipinski definition) is 4. The van der Waals surface area contributed by atoms with Gasteiger partial charge in [0, 0.05) is 10.6 Å². The molecule has 1 atom stereocenters. The van der Waals surface area contributed by atoms with E-state index < -0.39 is 28.8 Å². The number of benzene rings is 2. The third kappa shape index (κ3) is 6.08. The molecule has 168 valence electrons. The van der Waals surface area contributed by atoms with Crippen LogP contribution in [0.2, 0.25) is 5.02 Å². The highest BCUT2D eigenvalue weighted by molar-refractivity contribution is 8.00. The normalized spacial score (nSPS) is 12.3. The third-order valence-corrected chi connectivity index (χ3v) is 6.02. The average molecular weight is 483 g/mol. The molecule has 10 heteroatoms. The predicted molar refractivity (Wildman–Crippen MR) is 118 cm³/mol. The number of furan rings is 1. The standard InChI is InChI=1S/C22H18ClF3N2O3S/c1-2-19(21(30)28-17-11-13(22(24,25)26)8-9-16(17)23)32-15-6-3-5-14(12-15)27-20(29)18-7-4-10-31-18/h3-12,19H,2H2,1H3,(H,27,29)(H,28,30). The van der Waals surface area contributed by atoms with Crippen LogP contribution in [0.25, 0.3) is 0 Å². The summed E-state index contributed by atoms with van der Waals surface area (Å²) < 4.78 is 44.0. The molecule has 5 nitrogen and oxygen atoms in total. The molecule has 2 amide bonds. The predicted octanol–water partition coefficient (Wildman–Crippen LogP) is 6.71. The Labute approximate surface area is 191 Å². The monoisotopic (exact) mass is 482 g/mol. The van der Waals surface area contributed by atoms with Crippen molar-refractivity contribution in [3.8, 4) is 0 Å². The summed E-state index contributed by atoms with van der Waals surface area (Å²) in [5.74, 6) is -0.739. The highest BCUT2D eigenvalue weighted by Gasteiger charge is 2.31. The molecule has 1 unspecified atom stereocenters. The number of halogens is 4. The smallest absolute Gasteiger partial charge is 0.416 e. The van der Waals surface area contributed by atoms with Crippen LogP contribution in [0.15, 0.2) is 70.2 Å². The number of carbonyl (C=O) groups is 2. The Balaban J connectivity index is 1.70. The second kappa shape index (κ2) is 10.1. The van der Waals surface area contributed by atoms with Gasteiger partial charge in [0.05, 0.1) is 27.8 Å². The minimum atomic E-state index is -4.55. The van der Waals surface area contributed by atoms with Gasteiger partial charge in [0.15, 0.2) is 5.76 Å². The Hall–Kier alpha value is -2.91. The van der Waals surface area contributed by atoms with E-state index >= 15 is 0 Å². The van der Waals surface area contributed by atoms with Gasteiger partial charge in [0.1, 0.15) is 0 Å². The summed E-state index contributed by atoms with van der Waals surface area (Å²) in [5.41, 5.74) is -0.504. The largest absolute Gasteiger partial charge is 0.459 e. The van der Waals surface area contributed by atoms with Crippen molar-refractivity contribution in [3.63, 3.8) is 0 Å². The van der Waals surface area contributed by atoms with Gasteiger partial charge in [-0.2, -0.15) is 13.2 Å². The van der Waals surface area contributed by atoms with E-state index in [1.807, 2.05) is 0 Å². The lowest BCUT2D eigenvalue weighted by molar-refractivity contribution is -0.137. The SMILES string of the molecule is CCC(Sc1cccc(NC(=O)c2ccco2)c1)C(=O)Nc1cc(C(F)(F)F)ccc1Cl. The first-order chi connectivity index (χ1) is 15.2. The topological polar surface area (TPSA) is 71.3 Å². The van der Waals surface area contributed by atoms with Crippen LogP contribution < -0.4 is 10.6 Å². The summed E-state index contributed by atoms with van der Waals surface area (Å²) in [6.45, 7) is 1.79. The molecule has 0 aliphatic rings. The minimum absolute atomic E-state index is 0.00818. The zero-order valence-electron chi connectivity index (χ0n) is 16.7. The number of hydrogen-bond donors (Lipinski definition) is 2. The summed E-state index contributed by atoms with van der Waals surface area (Å²) in [6.07, 6.45) is -2.75. The van der Waals surface area contributed by atoms with Gasteiger partial charge in [-0.15, -0.1) is 11.8 Å². The van der Waals surface area contributed by atoms with Gasteiger partial charge in [-0.1, -0.05) is 24.6 Å². The number of carbonyl (C=O) groups excluding carboxylic acids is 2. The molecule has 2 aromatic carbocycles. The molecule has 0 saturated heterocycles. The summed E-state index contributed by atoms with van der Waals surface area (Å²) >= 11 is 7.19. The van der Waals surface area contributed by atoms with Crippen molar-refractivity contribution in [1.82, 2.24) is 0 Å². The number of thioether (sulfide) groups is 1. The fourth-order valence-corrected chi connectivity index (χ4v) is 3.92. The number of alkyl halides is 3. The number of amides is 2. The first kappa shape index (κ1) is 23.7. The summed E-state index contributed by atoms with van der Waals surface area (Å²) in [5, 5.41) is 4.60. The zero-order valence-corrected chi connectivity index (χ0v) is 18.3. The van der Waals surface area contributed by atoms with Gasteiger partial charge in [0.2, 0.25) is 5.91 Å². The van der Waals surface area contributed by atoms with Crippen LogP contribution in [-0.2, 0) is 11.0 Å². The van der Waals surface area contributed by atoms with Crippen LogP contribution >= 0.6 is 23.4 Å². The Bertz CT molecular complexity index is 1100. The molecule has 32 heavy (non-hydrogen) atoms. The van der Waals surface area contributed by atoms with E-state index in [1.54, 1.807) is 37.3 Å². The van der Waals surface area contributed by atoms with E-state index in [-0.39, 0.29) is 16.5 Å². The molecule has 1 heterocycles. The van der Waals surface area contributed by atoms with Gasteiger partial charge in [-0.05, 0) is 55.0 Å². The van der Waals surface area contributed by atoms with Gasteiger partial charge in [-0.3, -0.25) is 9.59 Å². The molecule has 0 fully saturated rings. The lowest BCUT2D eigenvalue weighted by Gasteiger charge is -2.17. The van der Waals surface area contributed by atoms with Crippen molar-refractivity contribution in [1.29, 1.82) is 0 Å². The lowest BCUT2D eigenvalue weighted by Crippen LogP contribution is -2.25. The Kier molecular flexibility index (Phi) is 7.52. The molecular weight excluding hydrogens is 465 g/mol. The van der Waals surface area contributed by atoms with Gasteiger partial charge >= 0.3 is 6.18 Å². The van der Waals surface area contributed by atoms with E-state index in [4.69, 9.17) is 16.0 Å². The maximum absolute atomic E-state index is 13.0. The van der Waals surface area contributed by atoms with Gasteiger partial charge in [0.25, 0.3) is 5.91 Å². The first-order valence-electron chi connectivity index (χ1n) is 9.46. The number of anilines is 2. The number of rotatable bonds is 7. The van der Waals surface area contributed by atoms with E-state index in [2.05, 4.69) is 10.6 Å². The zero-order chi connectivity index (χ0) is 23.3. The first-order valence-corrected chi connectivity index (χ1v) is 10.7. The lowest BCUT2D eigenvalue weighted by atomic mass is 10.2. The molecule has 0 aliphatic heterocycles. The van der Waals surface area contributed by atoms with Crippen molar-refractivity contribution >= 4 is 46.6 Å². The van der Waals surface area contributed by atoms with Crippen molar-refractivity contribution in [2.24, 2.45) is 0 Å². The van der Waals surface area contributed by atoms with E-state index in [1.165, 1.54) is 24.1 Å². The van der Waals surface area contributed by atoms with E-state index in [0.29, 0.717) is 17.0 Å². The van der Waals surface area contributed by atoms with Crippen LogP contribution in [-0.4, -0.2) is 17.1 Å². The third-order valence-electron chi connectivity index (χ3n) is 4.33. The van der Waals surface area contributed by atoms with E-state index in [0.717, 1.165) is 18.2 Å². The molecule has 0 bridgehead atoms. The molecule has 3 rings (SSSR count). The minimum Gasteiger partial charge on any atom is -0.459 e. The summed E-state index contributed by atoms with van der Waals surface area (Å²) in [7, 11) is 0. The average Bonchev–Trinajstić information content (AvgIpc) is 3.28. The van der Waals surface area contributed by atoms with Crippen molar-refractivity contribution in [3.05, 3.63) is 77.2 Å². The molecule has 0 saturated carbocycles. The maximum atomic E-state index is 13.0. The van der Waals surface area contributed by atoms with Crippen molar-refractivity contribution in [2.45, 2.75) is 29.7 Å². The van der Waals surface area contributed by atoms with Crippen LogP contribution in [0.3, 0.4) is 0 Å². The molecule has 0 radical (unpaired) electrons. The van der Waals surface area contributed by atoms with Gasteiger partial charge < -0.3 is 15.1 Å². The molecule has 2 N–H and O–H groups in total. The summed E-state index contributed by atoms with van der Waals surface area (Å²) in [6, 6.07) is 12.8. The second-order valence-electron chi connectivity index (χ2n) is 6.66. The van der Waals surface area contributed by atoms with E-state index in [9.17, 15) is 22.8 Å². The Morgan fingerprint density at radius 2 is 1.88 bits per heavy atom. The summed E-state index contributed by atoms with van der Waals surface area (Å²) in [4.78, 5) is 25.6. The second-order valence-corrected chi connectivity index (χ2v) is 8.34. The molecule has 0 spiro atoms. The molecule has 0 aliphatic carbocycles. The van der Waals surface area contributed by atoms with Crippen LogP contribution in [0.5, 0.6) is 0 Å². The Morgan fingerprint density at radius 3 is 2.53 bits per heavy atom. The van der Waals surface area contributed by atoms with Crippen LogP contribution in [0.1, 0.15) is 29.5 Å². The maximum Gasteiger partial charge on any atom is 0.416 e. The fraction of sp³-hybridized carbons (Fsp3) is 0.182.